The molecule has 2 aromatic heterocycles. The number of aromatic nitrogens is 2. The number of pyridine rings is 1. The Labute approximate surface area is 152 Å². The van der Waals surface area contributed by atoms with E-state index >= 15 is 0 Å². The number of halogens is 1. The first-order valence-electron chi connectivity index (χ1n) is 9.48. The summed E-state index contributed by atoms with van der Waals surface area (Å²) in [5.41, 5.74) is 0.332. The summed E-state index contributed by atoms with van der Waals surface area (Å²) >= 11 is 0. The zero-order valence-corrected chi connectivity index (χ0v) is 15.0. The second kappa shape index (κ2) is 5.32. The lowest BCUT2D eigenvalue weighted by Gasteiger charge is -2.47. The van der Waals surface area contributed by atoms with Gasteiger partial charge in [0.1, 0.15) is 5.54 Å². The van der Waals surface area contributed by atoms with Crippen LogP contribution in [0.2, 0.25) is 0 Å². The lowest BCUT2D eigenvalue weighted by atomic mass is 9.88. The summed E-state index contributed by atoms with van der Waals surface area (Å²) in [4.78, 5) is 21.4. The van der Waals surface area contributed by atoms with Gasteiger partial charge in [0, 0.05) is 32.0 Å². The average Bonchev–Trinajstić information content (AvgIpc) is 3.08. The highest BCUT2D eigenvalue weighted by Gasteiger charge is 2.57. The molecule has 5 nitrogen and oxygen atoms in total. The number of likely N-dealkylation sites (tertiary alicyclic amines) is 1. The van der Waals surface area contributed by atoms with Crippen LogP contribution in [0.25, 0.3) is 5.82 Å². The average molecular weight is 354 g/mol. The highest BCUT2D eigenvalue weighted by atomic mass is 19.1. The van der Waals surface area contributed by atoms with Crippen molar-refractivity contribution < 1.29 is 9.18 Å². The lowest BCUT2D eigenvalue weighted by molar-refractivity contribution is -0.137. The van der Waals surface area contributed by atoms with E-state index in [0.717, 1.165) is 36.6 Å². The summed E-state index contributed by atoms with van der Waals surface area (Å²) < 4.78 is 16.5. The smallest absolute Gasteiger partial charge is 0.260 e. The van der Waals surface area contributed by atoms with E-state index < -0.39 is 5.67 Å². The monoisotopic (exact) mass is 354 g/mol. The zero-order valence-electron chi connectivity index (χ0n) is 15.0. The minimum absolute atomic E-state index is 0.309. The van der Waals surface area contributed by atoms with Crippen LogP contribution in [0.15, 0.2) is 36.7 Å². The van der Waals surface area contributed by atoms with Crippen LogP contribution in [-0.4, -0.2) is 45.7 Å². The maximum absolute atomic E-state index is 14.4. The predicted molar refractivity (Wildman–Crippen MR) is 97.1 cm³/mol. The van der Waals surface area contributed by atoms with Gasteiger partial charge in [-0.1, -0.05) is 6.92 Å². The molecule has 0 bridgehead atoms. The molecule has 0 unspecified atom stereocenters. The molecule has 1 spiro atoms. The standard InChI is InChI=1S/C20H23FN4O/c1-2-11-25-15-5-3-10-22-17(15)24-12-4-6-16(24)20(25)9-13-23(14-20)18(26)19(21)7-8-19/h3-6,10,12H,2,7-9,11,13-14H2,1H3/t20-/m0/s1. The minimum atomic E-state index is -1.60. The highest BCUT2D eigenvalue weighted by molar-refractivity contribution is 5.88. The molecule has 1 saturated carbocycles. The molecular weight excluding hydrogens is 331 g/mol. The summed E-state index contributed by atoms with van der Waals surface area (Å²) in [5, 5.41) is 0. The van der Waals surface area contributed by atoms with Gasteiger partial charge >= 0.3 is 0 Å². The number of carbonyl (C=O) groups excluding carboxylic acids is 1. The van der Waals surface area contributed by atoms with Gasteiger partial charge in [0.2, 0.25) is 0 Å². The highest BCUT2D eigenvalue weighted by Crippen LogP contribution is 2.49. The van der Waals surface area contributed by atoms with Gasteiger partial charge in [-0.3, -0.25) is 4.79 Å². The molecule has 1 aliphatic carbocycles. The van der Waals surface area contributed by atoms with Gasteiger partial charge in [-0.05, 0) is 49.9 Å². The number of anilines is 1. The maximum Gasteiger partial charge on any atom is 0.260 e. The summed E-state index contributed by atoms with van der Waals surface area (Å²) in [7, 11) is 0. The second-order valence-corrected chi connectivity index (χ2v) is 7.73. The van der Waals surface area contributed by atoms with Gasteiger partial charge in [0.25, 0.3) is 5.91 Å². The molecule has 1 saturated heterocycles. The van der Waals surface area contributed by atoms with E-state index in [1.165, 1.54) is 0 Å². The third-order valence-electron chi connectivity index (χ3n) is 6.08. The third-order valence-corrected chi connectivity index (χ3v) is 6.08. The summed E-state index contributed by atoms with van der Waals surface area (Å²) in [5.74, 6) is 0.612. The SMILES string of the molecule is CCCN1c2cccnc2-n2cccc2[C@@]12CCN(C(=O)C1(F)CC1)C2. The summed E-state index contributed by atoms with van der Waals surface area (Å²) in [6.07, 6.45) is 6.41. The molecule has 2 aliphatic heterocycles. The molecule has 2 aromatic rings. The van der Waals surface area contributed by atoms with E-state index in [2.05, 4.69) is 33.5 Å². The van der Waals surface area contributed by atoms with Crippen molar-refractivity contribution in [2.45, 2.75) is 43.8 Å². The van der Waals surface area contributed by atoms with Crippen LogP contribution in [0.5, 0.6) is 0 Å². The molecule has 0 N–H and O–H groups in total. The Morgan fingerprint density at radius 1 is 1.27 bits per heavy atom. The number of hydrogen-bond acceptors (Lipinski definition) is 3. The van der Waals surface area contributed by atoms with Crippen molar-refractivity contribution in [3.05, 3.63) is 42.4 Å². The summed E-state index contributed by atoms with van der Waals surface area (Å²) in [6, 6.07) is 8.22. The Bertz CT molecular complexity index is 874. The van der Waals surface area contributed by atoms with Crippen molar-refractivity contribution in [3.8, 4) is 5.82 Å². The first kappa shape index (κ1) is 15.9. The lowest BCUT2D eigenvalue weighted by Crippen LogP contribution is -2.53. The second-order valence-electron chi connectivity index (χ2n) is 7.73. The molecule has 5 rings (SSSR count). The van der Waals surface area contributed by atoms with Crippen LogP contribution in [0.1, 0.15) is 38.3 Å². The van der Waals surface area contributed by atoms with Crippen molar-refractivity contribution in [3.63, 3.8) is 0 Å². The zero-order chi connectivity index (χ0) is 17.9. The minimum Gasteiger partial charge on any atom is -0.355 e. The molecular formula is C20H23FN4O. The number of fused-ring (bicyclic) bond motifs is 4. The van der Waals surface area contributed by atoms with Crippen molar-refractivity contribution in [2.75, 3.05) is 24.5 Å². The topological polar surface area (TPSA) is 41.4 Å². The Kier molecular flexibility index (Phi) is 3.24. The van der Waals surface area contributed by atoms with Gasteiger partial charge in [-0.15, -0.1) is 0 Å². The van der Waals surface area contributed by atoms with Crippen LogP contribution in [-0.2, 0) is 10.3 Å². The van der Waals surface area contributed by atoms with Crippen LogP contribution in [0.3, 0.4) is 0 Å². The van der Waals surface area contributed by atoms with Crippen molar-refractivity contribution >= 4 is 11.6 Å². The predicted octanol–water partition coefficient (Wildman–Crippen LogP) is 3.03. The Hall–Kier alpha value is -2.37. The largest absolute Gasteiger partial charge is 0.355 e. The number of nitrogens with zero attached hydrogens (tertiary/aromatic N) is 4. The van der Waals surface area contributed by atoms with Crippen LogP contribution >= 0.6 is 0 Å². The quantitative estimate of drug-likeness (QED) is 0.851. The van der Waals surface area contributed by atoms with E-state index in [9.17, 15) is 9.18 Å². The Morgan fingerprint density at radius 3 is 2.88 bits per heavy atom. The first-order chi connectivity index (χ1) is 12.6. The number of hydrogen-bond donors (Lipinski definition) is 0. The van der Waals surface area contributed by atoms with Gasteiger partial charge < -0.3 is 14.4 Å². The molecule has 26 heavy (non-hydrogen) atoms. The van der Waals surface area contributed by atoms with Gasteiger partial charge in [-0.25, -0.2) is 9.37 Å². The molecule has 0 radical (unpaired) electrons. The van der Waals surface area contributed by atoms with E-state index in [0.29, 0.717) is 25.9 Å². The van der Waals surface area contributed by atoms with Gasteiger partial charge in [-0.2, -0.15) is 0 Å². The number of amides is 1. The van der Waals surface area contributed by atoms with Crippen LogP contribution < -0.4 is 4.90 Å². The molecule has 3 aliphatic rings. The molecule has 2 fully saturated rings. The molecule has 6 heteroatoms. The van der Waals surface area contributed by atoms with E-state index in [-0.39, 0.29) is 11.4 Å². The van der Waals surface area contributed by atoms with Crippen molar-refractivity contribution in [1.82, 2.24) is 14.5 Å². The van der Waals surface area contributed by atoms with Crippen LogP contribution in [0.4, 0.5) is 10.1 Å². The Morgan fingerprint density at radius 2 is 2.12 bits per heavy atom. The normalized spacial score (nSPS) is 25.3. The number of rotatable bonds is 3. The maximum atomic E-state index is 14.4. The fourth-order valence-corrected chi connectivity index (χ4v) is 4.66. The van der Waals surface area contributed by atoms with Crippen LogP contribution in [0, 0.1) is 0 Å². The van der Waals surface area contributed by atoms with Gasteiger partial charge in [0.15, 0.2) is 11.5 Å². The Balaban J connectivity index is 1.60. The van der Waals surface area contributed by atoms with E-state index in [1.54, 1.807) is 4.90 Å². The molecule has 1 atom stereocenters. The molecule has 1 amide bonds. The molecule has 4 heterocycles. The fraction of sp³-hybridized carbons (Fsp3) is 0.500. The fourth-order valence-electron chi connectivity index (χ4n) is 4.66. The number of carbonyl (C=O) groups is 1. The molecule has 0 aromatic carbocycles. The summed E-state index contributed by atoms with van der Waals surface area (Å²) in [6.45, 7) is 4.18. The van der Waals surface area contributed by atoms with E-state index in [4.69, 9.17) is 0 Å². The number of alkyl halides is 1. The first-order valence-corrected chi connectivity index (χ1v) is 9.48. The van der Waals surface area contributed by atoms with Crippen molar-refractivity contribution in [2.24, 2.45) is 0 Å². The van der Waals surface area contributed by atoms with E-state index in [1.807, 2.05) is 24.5 Å². The molecule has 136 valence electrons. The third kappa shape index (κ3) is 2.01. The van der Waals surface area contributed by atoms with Gasteiger partial charge in [0.05, 0.1) is 11.4 Å². The van der Waals surface area contributed by atoms with Crippen molar-refractivity contribution in [1.29, 1.82) is 0 Å².